The first kappa shape index (κ1) is 14.0. The minimum Gasteiger partial charge on any atom is -0.306 e. The first-order chi connectivity index (χ1) is 10.7. The predicted molar refractivity (Wildman–Crippen MR) is 81.0 cm³/mol. The smallest absolute Gasteiger partial charge is 0.306 e. The van der Waals surface area contributed by atoms with E-state index in [9.17, 15) is 4.79 Å². The van der Waals surface area contributed by atoms with Crippen LogP contribution in [0.4, 0.5) is 16.3 Å². The fourth-order valence-corrected chi connectivity index (χ4v) is 1.88. The summed E-state index contributed by atoms with van der Waals surface area (Å²) in [6.45, 7) is 0. The molecule has 0 bridgehead atoms. The SMILES string of the molecule is O=C(Nc1cc(-n2cncn2)ncn1)Nc1ccccc1Cl. The van der Waals surface area contributed by atoms with E-state index in [-0.39, 0.29) is 0 Å². The number of benzene rings is 1. The molecule has 2 aromatic heterocycles. The van der Waals surface area contributed by atoms with E-state index in [1.165, 1.54) is 23.7 Å². The highest BCUT2D eigenvalue weighted by Crippen LogP contribution is 2.20. The van der Waals surface area contributed by atoms with Crippen molar-refractivity contribution in [2.24, 2.45) is 0 Å². The lowest BCUT2D eigenvalue weighted by atomic mass is 10.3. The van der Waals surface area contributed by atoms with E-state index in [0.717, 1.165) is 0 Å². The molecule has 0 spiro atoms. The standard InChI is InChI=1S/C13H10ClN7O/c14-9-3-1-2-4-10(9)19-13(22)20-11-5-12(17-7-16-11)21-8-15-6-18-21/h1-8H,(H2,16,17,19,20,22). The van der Waals surface area contributed by atoms with Gasteiger partial charge in [0.05, 0.1) is 10.7 Å². The number of hydrogen-bond acceptors (Lipinski definition) is 5. The van der Waals surface area contributed by atoms with Gasteiger partial charge in [0.25, 0.3) is 0 Å². The number of rotatable bonds is 3. The van der Waals surface area contributed by atoms with Gasteiger partial charge in [-0.1, -0.05) is 23.7 Å². The highest BCUT2D eigenvalue weighted by molar-refractivity contribution is 6.33. The molecule has 0 aliphatic heterocycles. The van der Waals surface area contributed by atoms with Gasteiger partial charge in [0.15, 0.2) is 5.82 Å². The van der Waals surface area contributed by atoms with Crippen LogP contribution in [0.15, 0.2) is 49.3 Å². The number of halogens is 1. The van der Waals surface area contributed by atoms with Crippen molar-refractivity contribution >= 4 is 29.1 Å². The Balaban J connectivity index is 1.72. The number of nitrogens with zero attached hydrogens (tertiary/aromatic N) is 5. The van der Waals surface area contributed by atoms with Gasteiger partial charge in [-0.15, -0.1) is 0 Å². The second-order valence-electron chi connectivity index (χ2n) is 4.16. The number of anilines is 2. The van der Waals surface area contributed by atoms with Crippen molar-refractivity contribution in [2.45, 2.75) is 0 Å². The molecular weight excluding hydrogens is 306 g/mol. The third-order valence-corrected chi connectivity index (χ3v) is 3.00. The lowest BCUT2D eigenvalue weighted by molar-refractivity contribution is 0.262. The molecule has 2 amide bonds. The van der Waals surface area contributed by atoms with E-state index in [4.69, 9.17) is 11.6 Å². The van der Waals surface area contributed by atoms with Crippen molar-refractivity contribution in [2.75, 3.05) is 10.6 Å². The molecule has 110 valence electrons. The van der Waals surface area contributed by atoms with Crippen LogP contribution < -0.4 is 10.6 Å². The summed E-state index contributed by atoms with van der Waals surface area (Å²) in [5.74, 6) is 0.811. The van der Waals surface area contributed by atoms with Gasteiger partial charge in [0, 0.05) is 6.07 Å². The summed E-state index contributed by atoms with van der Waals surface area (Å²) in [7, 11) is 0. The normalized spacial score (nSPS) is 10.2. The van der Waals surface area contributed by atoms with E-state index < -0.39 is 6.03 Å². The molecule has 0 saturated heterocycles. The minimum absolute atomic E-state index is 0.324. The second-order valence-corrected chi connectivity index (χ2v) is 4.57. The first-order valence-corrected chi connectivity index (χ1v) is 6.60. The van der Waals surface area contributed by atoms with Gasteiger partial charge < -0.3 is 5.32 Å². The fraction of sp³-hybridized carbons (Fsp3) is 0. The maximum Gasteiger partial charge on any atom is 0.324 e. The van der Waals surface area contributed by atoms with Gasteiger partial charge in [-0.2, -0.15) is 5.10 Å². The van der Waals surface area contributed by atoms with Crippen LogP contribution >= 0.6 is 11.6 Å². The molecule has 22 heavy (non-hydrogen) atoms. The first-order valence-electron chi connectivity index (χ1n) is 6.22. The Morgan fingerprint density at radius 3 is 2.77 bits per heavy atom. The monoisotopic (exact) mass is 315 g/mol. The van der Waals surface area contributed by atoms with Crippen LogP contribution in [0.2, 0.25) is 5.02 Å². The van der Waals surface area contributed by atoms with Gasteiger partial charge in [0.2, 0.25) is 0 Å². The van der Waals surface area contributed by atoms with Crippen molar-refractivity contribution in [3.63, 3.8) is 0 Å². The summed E-state index contributed by atoms with van der Waals surface area (Å²) in [6.07, 6.45) is 4.21. The van der Waals surface area contributed by atoms with Gasteiger partial charge in [-0.05, 0) is 12.1 Å². The summed E-state index contributed by atoms with van der Waals surface area (Å²) in [4.78, 5) is 23.8. The third kappa shape index (κ3) is 3.18. The van der Waals surface area contributed by atoms with E-state index in [1.54, 1.807) is 30.3 Å². The lowest BCUT2D eigenvalue weighted by Gasteiger charge is -2.08. The Bertz CT molecular complexity index is 791. The quantitative estimate of drug-likeness (QED) is 0.773. The molecule has 9 heteroatoms. The molecule has 0 aliphatic rings. The number of para-hydroxylation sites is 1. The van der Waals surface area contributed by atoms with Gasteiger partial charge in [-0.3, -0.25) is 5.32 Å². The van der Waals surface area contributed by atoms with Crippen LogP contribution in [-0.4, -0.2) is 30.8 Å². The molecule has 2 heterocycles. The zero-order valence-electron chi connectivity index (χ0n) is 11.1. The number of urea groups is 1. The van der Waals surface area contributed by atoms with Crippen molar-refractivity contribution < 1.29 is 4.79 Å². The van der Waals surface area contributed by atoms with Crippen LogP contribution in [0.25, 0.3) is 5.82 Å². The molecule has 3 aromatic rings. The molecule has 1 aromatic carbocycles. The Morgan fingerprint density at radius 1 is 1.14 bits per heavy atom. The molecule has 0 radical (unpaired) electrons. The van der Waals surface area contributed by atoms with E-state index in [2.05, 4.69) is 30.7 Å². The number of carbonyl (C=O) groups is 1. The molecule has 0 atom stereocenters. The van der Waals surface area contributed by atoms with E-state index >= 15 is 0 Å². The van der Waals surface area contributed by atoms with Crippen LogP contribution in [0.3, 0.4) is 0 Å². The molecular formula is C13H10ClN7O. The summed E-state index contributed by atoms with van der Waals surface area (Å²) in [5, 5.41) is 9.64. The fourth-order valence-electron chi connectivity index (χ4n) is 1.70. The number of amides is 2. The Hall–Kier alpha value is -3.00. The second kappa shape index (κ2) is 6.19. The third-order valence-electron chi connectivity index (χ3n) is 2.67. The topological polar surface area (TPSA) is 97.6 Å². The molecule has 3 rings (SSSR count). The van der Waals surface area contributed by atoms with Gasteiger partial charge >= 0.3 is 6.03 Å². The van der Waals surface area contributed by atoms with Gasteiger partial charge in [-0.25, -0.2) is 24.4 Å². The average Bonchev–Trinajstić information content (AvgIpc) is 3.04. The van der Waals surface area contributed by atoms with Crippen LogP contribution in [0.1, 0.15) is 0 Å². The number of carbonyl (C=O) groups excluding carboxylic acids is 1. The Kier molecular flexibility index (Phi) is 3.92. The summed E-state index contributed by atoms with van der Waals surface area (Å²) < 4.78 is 1.46. The average molecular weight is 316 g/mol. The van der Waals surface area contributed by atoms with Crippen molar-refractivity contribution in [3.05, 3.63) is 54.3 Å². The number of aromatic nitrogens is 5. The zero-order chi connectivity index (χ0) is 15.4. The molecule has 0 unspecified atom stereocenters. The van der Waals surface area contributed by atoms with Crippen LogP contribution in [0.5, 0.6) is 0 Å². The van der Waals surface area contributed by atoms with Crippen molar-refractivity contribution in [1.82, 2.24) is 24.7 Å². The zero-order valence-corrected chi connectivity index (χ0v) is 11.9. The molecule has 0 saturated carbocycles. The highest BCUT2D eigenvalue weighted by Gasteiger charge is 2.07. The summed E-state index contributed by atoms with van der Waals surface area (Å²) >= 11 is 5.98. The Labute approximate surface area is 130 Å². The highest BCUT2D eigenvalue weighted by atomic mass is 35.5. The van der Waals surface area contributed by atoms with E-state index in [0.29, 0.717) is 22.3 Å². The predicted octanol–water partition coefficient (Wildman–Crippen LogP) is 2.35. The molecule has 8 nitrogen and oxygen atoms in total. The molecule has 2 N–H and O–H groups in total. The molecule has 0 fully saturated rings. The minimum atomic E-state index is -0.462. The van der Waals surface area contributed by atoms with E-state index in [1.807, 2.05) is 0 Å². The lowest BCUT2D eigenvalue weighted by Crippen LogP contribution is -2.20. The Morgan fingerprint density at radius 2 is 2.00 bits per heavy atom. The number of nitrogens with one attached hydrogen (secondary N) is 2. The van der Waals surface area contributed by atoms with Crippen LogP contribution in [0, 0.1) is 0 Å². The molecule has 0 aliphatic carbocycles. The van der Waals surface area contributed by atoms with Crippen LogP contribution in [-0.2, 0) is 0 Å². The summed E-state index contributed by atoms with van der Waals surface area (Å²) in [5.41, 5.74) is 0.507. The maximum atomic E-state index is 12.0. The maximum absolute atomic E-state index is 12.0. The summed E-state index contributed by atoms with van der Waals surface area (Å²) in [6, 6.07) is 8.04. The van der Waals surface area contributed by atoms with Gasteiger partial charge in [0.1, 0.15) is 24.8 Å². The largest absolute Gasteiger partial charge is 0.324 e. The van der Waals surface area contributed by atoms with Crippen molar-refractivity contribution in [3.8, 4) is 5.82 Å². The number of hydrogen-bond donors (Lipinski definition) is 2. The van der Waals surface area contributed by atoms with Crippen molar-refractivity contribution in [1.29, 1.82) is 0 Å².